The molecule has 1 aliphatic rings. The van der Waals surface area contributed by atoms with Crippen LogP contribution in [0.5, 0.6) is 0 Å². The van der Waals surface area contributed by atoms with E-state index in [0.29, 0.717) is 17.2 Å². The number of aryl methyl sites for hydroxylation is 4. The van der Waals surface area contributed by atoms with E-state index in [1.54, 1.807) is 26.1 Å². The molecule has 0 fully saturated rings. The van der Waals surface area contributed by atoms with Crippen LogP contribution in [0.3, 0.4) is 0 Å². The Morgan fingerprint density at radius 1 is 1.29 bits per heavy atom. The van der Waals surface area contributed by atoms with Crippen LogP contribution in [0.2, 0.25) is 0 Å². The van der Waals surface area contributed by atoms with E-state index in [1.165, 1.54) is 10.2 Å². The summed E-state index contributed by atoms with van der Waals surface area (Å²) in [6, 6.07) is 5.30. The van der Waals surface area contributed by atoms with Crippen molar-refractivity contribution < 1.29 is 8.42 Å². The number of hydrogen-bond donors (Lipinski definition) is 2. The van der Waals surface area contributed by atoms with Crippen LogP contribution in [0.1, 0.15) is 23.2 Å². The van der Waals surface area contributed by atoms with Crippen molar-refractivity contribution in [2.75, 3.05) is 10.5 Å². The third kappa shape index (κ3) is 2.37. The molecule has 0 bridgehead atoms. The highest BCUT2D eigenvalue weighted by atomic mass is 32.2. The van der Waals surface area contributed by atoms with Gasteiger partial charge in [-0.05, 0) is 49.4 Å². The summed E-state index contributed by atoms with van der Waals surface area (Å²) < 4.78 is 29.0. The molecule has 6 nitrogen and oxygen atoms in total. The average molecular weight is 306 g/mol. The van der Waals surface area contributed by atoms with E-state index in [-0.39, 0.29) is 4.90 Å². The van der Waals surface area contributed by atoms with Gasteiger partial charge >= 0.3 is 0 Å². The number of hydrogen-bond acceptors (Lipinski definition) is 4. The molecular weight excluding hydrogens is 288 g/mol. The van der Waals surface area contributed by atoms with Crippen molar-refractivity contribution >= 4 is 21.5 Å². The van der Waals surface area contributed by atoms with E-state index in [2.05, 4.69) is 9.82 Å². The predicted octanol–water partition coefficient (Wildman–Crippen LogP) is 1.60. The van der Waals surface area contributed by atoms with E-state index in [4.69, 9.17) is 5.73 Å². The Kier molecular flexibility index (Phi) is 3.16. The molecule has 7 heteroatoms. The maximum Gasteiger partial charge on any atom is 0.263 e. The van der Waals surface area contributed by atoms with Gasteiger partial charge in [0.2, 0.25) is 0 Å². The zero-order valence-electron chi connectivity index (χ0n) is 12.0. The summed E-state index contributed by atoms with van der Waals surface area (Å²) in [5, 5.41) is 4.11. The van der Waals surface area contributed by atoms with Crippen molar-refractivity contribution in [1.82, 2.24) is 9.78 Å². The highest BCUT2D eigenvalue weighted by molar-refractivity contribution is 7.92. The molecule has 0 unspecified atom stereocenters. The lowest BCUT2D eigenvalue weighted by atomic mass is 10.1. The summed E-state index contributed by atoms with van der Waals surface area (Å²) in [5.74, 6) is 0.299. The molecule has 112 valence electrons. The minimum atomic E-state index is -3.66. The molecule has 0 saturated carbocycles. The number of nitrogens with zero attached hydrogens (tertiary/aromatic N) is 2. The van der Waals surface area contributed by atoms with Crippen LogP contribution in [0, 0.1) is 6.92 Å². The number of nitrogen functional groups attached to an aromatic ring is 1. The van der Waals surface area contributed by atoms with E-state index >= 15 is 0 Å². The fraction of sp³-hybridized carbons (Fsp3) is 0.357. The highest BCUT2D eigenvalue weighted by Crippen LogP contribution is 2.27. The molecule has 0 aliphatic heterocycles. The second-order valence-corrected chi connectivity index (χ2v) is 7.04. The first-order chi connectivity index (χ1) is 9.88. The Morgan fingerprint density at radius 2 is 2.00 bits per heavy atom. The molecule has 2 aromatic rings. The molecule has 0 atom stereocenters. The number of benzene rings is 1. The lowest BCUT2D eigenvalue weighted by Gasteiger charge is -2.10. The summed E-state index contributed by atoms with van der Waals surface area (Å²) in [6.07, 6.45) is 3.04. The Bertz CT molecular complexity index is 809. The summed E-state index contributed by atoms with van der Waals surface area (Å²) in [6.45, 7) is 1.74. The van der Waals surface area contributed by atoms with Crippen LogP contribution >= 0.6 is 0 Å². The number of anilines is 2. The monoisotopic (exact) mass is 306 g/mol. The Balaban J connectivity index is 1.97. The minimum absolute atomic E-state index is 0.265. The smallest absolute Gasteiger partial charge is 0.263 e. The topological polar surface area (TPSA) is 90.0 Å². The van der Waals surface area contributed by atoms with Crippen LogP contribution in [0.4, 0.5) is 11.5 Å². The van der Waals surface area contributed by atoms with Gasteiger partial charge in [-0.1, -0.05) is 6.07 Å². The number of aromatic nitrogens is 2. The van der Waals surface area contributed by atoms with Gasteiger partial charge in [-0.2, -0.15) is 5.10 Å². The predicted molar refractivity (Wildman–Crippen MR) is 81.6 cm³/mol. The number of nitrogens with two attached hydrogens (primary N) is 1. The molecule has 3 rings (SSSR count). The molecule has 1 aromatic heterocycles. The summed E-state index contributed by atoms with van der Waals surface area (Å²) in [7, 11) is -2.00. The standard InChI is InChI=1S/C14H18N4O2S/c1-9-13(15)14(18(2)16-9)17-21(19,20)12-7-6-10-4-3-5-11(10)8-12/h6-8,17H,3-5,15H2,1-2H3. The average Bonchev–Trinajstić information content (AvgIpc) is 2.98. The first-order valence-corrected chi connectivity index (χ1v) is 8.30. The normalized spacial score (nSPS) is 14.2. The molecule has 0 saturated heterocycles. The van der Waals surface area contributed by atoms with Gasteiger partial charge in [0.15, 0.2) is 5.82 Å². The Morgan fingerprint density at radius 3 is 2.67 bits per heavy atom. The van der Waals surface area contributed by atoms with Crippen molar-refractivity contribution in [2.24, 2.45) is 7.05 Å². The second-order valence-electron chi connectivity index (χ2n) is 5.36. The van der Waals surface area contributed by atoms with Gasteiger partial charge in [-0.25, -0.2) is 13.1 Å². The van der Waals surface area contributed by atoms with Gasteiger partial charge in [0.25, 0.3) is 10.0 Å². The SMILES string of the molecule is Cc1nn(C)c(NS(=O)(=O)c2ccc3c(c2)CCC3)c1N. The van der Waals surface area contributed by atoms with Gasteiger partial charge in [0.05, 0.1) is 16.3 Å². The van der Waals surface area contributed by atoms with Crippen LogP contribution in [-0.4, -0.2) is 18.2 Å². The third-order valence-corrected chi connectivity index (χ3v) is 5.22. The van der Waals surface area contributed by atoms with Gasteiger partial charge in [-0.3, -0.25) is 4.72 Å². The largest absolute Gasteiger partial charge is 0.394 e. The maximum atomic E-state index is 12.5. The first kappa shape index (κ1) is 13.9. The molecule has 1 aromatic carbocycles. The highest BCUT2D eigenvalue weighted by Gasteiger charge is 2.21. The molecule has 3 N–H and O–H groups in total. The van der Waals surface area contributed by atoms with E-state index in [0.717, 1.165) is 24.8 Å². The molecule has 21 heavy (non-hydrogen) atoms. The van der Waals surface area contributed by atoms with Crippen molar-refractivity contribution in [3.63, 3.8) is 0 Å². The fourth-order valence-electron chi connectivity index (χ4n) is 2.70. The van der Waals surface area contributed by atoms with Crippen LogP contribution in [-0.2, 0) is 29.9 Å². The molecule has 1 aliphatic carbocycles. The summed E-state index contributed by atoms with van der Waals surface area (Å²) >= 11 is 0. The van der Waals surface area contributed by atoms with Gasteiger partial charge in [0.1, 0.15) is 0 Å². The van der Waals surface area contributed by atoms with Crippen molar-refractivity contribution in [3.05, 3.63) is 35.0 Å². The maximum absolute atomic E-state index is 12.5. The van der Waals surface area contributed by atoms with Gasteiger partial charge < -0.3 is 5.73 Å². The molecule has 0 amide bonds. The van der Waals surface area contributed by atoms with Gasteiger partial charge in [-0.15, -0.1) is 0 Å². The number of sulfonamides is 1. The molecule has 1 heterocycles. The van der Waals surface area contributed by atoms with Crippen LogP contribution in [0.15, 0.2) is 23.1 Å². The van der Waals surface area contributed by atoms with Crippen molar-refractivity contribution in [3.8, 4) is 0 Å². The quantitative estimate of drug-likeness (QED) is 0.901. The Labute approximate surface area is 124 Å². The minimum Gasteiger partial charge on any atom is -0.394 e. The lowest BCUT2D eigenvalue weighted by Crippen LogP contribution is -2.16. The van der Waals surface area contributed by atoms with Crippen LogP contribution < -0.4 is 10.5 Å². The van der Waals surface area contributed by atoms with Crippen molar-refractivity contribution in [2.45, 2.75) is 31.1 Å². The van der Waals surface area contributed by atoms with E-state index in [1.807, 2.05) is 6.07 Å². The number of nitrogens with one attached hydrogen (secondary N) is 1. The van der Waals surface area contributed by atoms with Crippen LogP contribution in [0.25, 0.3) is 0 Å². The Hall–Kier alpha value is -2.02. The lowest BCUT2D eigenvalue weighted by molar-refractivity contribution is 0.600. The number of rotatable bonds is 3. The fourth-order valence-corrected chi connectivity index (χ4v) is 3.86. The molecule has 0 radical (unpaired) electrons. The second kappa shape index (κ2) is 4.77. The first-order valence-electron chi connectivity index (χ1n) is 6.82. The van der Waals surface area contributed by atoms with E-state index in [9.17, 15) is 8.42 Å². The number of fused-ring (bicyclic) bond motifs is 1. The third-order valence-electron chi connectivity index (χ3n) is 3.88. The zero-order chi connectivity index (χ0) is 15.2. The molecular formula is C14H18N4O2S. The zero-order valence-corrected chi connectivity index (χ0v) is 12.9. The van der Waals surface area contributed by atoms with E-state index < -0.39 is 10.0 Å². The molecule has 0 spiro atoms. The van der Waals surface area contributed by atoms with Gasteiger partial charge in [0, 0.05) is 7.05 Å². The summed E-state index contributed by atoms with van der Waals surface area (Å²) in [5.41, 5.74) is 9.18. The summed E-state index contributed by atoms with van der Waals surface area (Å²) in [4.78, 5) is 0.265. The van der Waals surface area contributed by atoms with Crippen molar-refractivity contribution in [1.29, 1.82) is 0 Å².